The van der Waals surface area contributed by atoms with Crippen molar-refractivity contribution >= 4 is 0 Å². The molecular weight excluding hydrogens is 438 g/mol. The first-order chi connectivity index (χ1) is 16.6. The van der Waals surface area contributed by atoms with E-state index in [9.17, 15) is 5.11 Å². The average molecular weight is 482 g/mol. The maximum Gasteiger partial charge on any atom is 0.165 e. The fourth-order valence-corrected chi connectivity index (χ4v) is 9.73. The molecule has 0 radical (unpaired) electrons. The van der Waals surface area contributed by atoms with Gasteiger partial charge in [-0.2, -0.15) is 0 Å². The van der Waals surface area contributed by atoms with Gasteiger partial charge in [0.25, 0.3) is 0 Å². The topological polar surface area (TPSA) is 51.2 Å². The summed E-state index contributed by atoms with van der Waals surface area (Å²) in [6, 6.07) is 4.93. The molecule has 4 saturated carbocycles. The number of hydrogen-bond acceptors (Lipinski definition) is 5. The number of hydrogen-bond donors (Lipinski definition) is 1. The van der Waals surface area contributed by atoms with Crippen molar-refractivity contribution in [2.75, 3.05) is 27.3 Å². The lowest BCUT2D eigenvalue weighted by Crippen LogP contribution is -2.83. The Labute approximate surface area is 210 Å². The molecule has 1 aromatic carbocycles. The van der Waals surface area contributed by atoms with Crippen LogP contribution in [-0.2, 0) is 16.6 Å². The van der Waals surface area contributed by atoms with Crippen LogP contribution < -0.4 is 9.47 Å². The highest BCUT2D eigenvalue weighted by molar-refractivity contribution is 5.63. The molecule has 7 atom stereocenters. The average Bonchev–Trinajstić information content (AvgIpc) is 3.56. The second-order valence-corrected chi connectivity index (χ2v) is 14.0. The van der Waals surface area contributed by atoms with Crippen LogP contribution in [0, 0.1) is 22.7 Å². The molecule has 2 spiro atoms. The minimum atomic E-state index is -0.879. The van der Waals surface area contributed by atoms with Crippen LogP contribution in [0.2, 0.25) is 0 Å². The Morgan fingerprint density at radius 2 is 1.89 bits per heavy atom. The molecule has 7 aliphatic rings. The van der Waals surface area contributed by atoms with Crippen molar-refractivity contribution in [3.05, 3.63) is 23.3 Å². The van der Waals surface area contributed by atoms with E-state index in [1.54, 1.807) is 7.11 Å². The highest BCUT2D eigenvalue weighted by Gasteiger charge is 2.82. The van der Waals surface area contributed by atoms with Gasteiger partial charge in [-0.15, -0.1) is 0 Å². The Balaban J connectivity index is 1.48. The zero-order valence-corrected chi connectivity index (χ0v) is 22.4. The van der Waals surface area contributed by atoms with Crippen molar-refractivity contribution in [1.29, 1.82) is 0 Å². The van der Waals surface area contributed by atoms with Crippen LogP contribution in [0.4, 0.5) is 0 Å². The van der Waals surface area contributed by atoms with E-state index < -0.39 is 11.2 Å². The van der Waals surface area contributed by atoms with E-state index >= 15 is 0 Å². The van der Waals surface area contributed by atoms with Gasteiger partial charge in [-0.3, -0.25) is 4.90 Å². The summed E-state index contributed by atoms with van der Waals surface area (Å²) in [5.74, 6) is 2.71. The van der Waals surface area contributed by atoms with Gasteiger partial charge in [0.05, 0.1) is 12.7 Å². The highest BCUT2D eigenvalue weighted by atomic mass is 16.6. The van der Waals surface area contributed by atoms with E-state index in [-0.39, 0.29) is 28.3 Å². The first-order valence-corrected chi connectivity index (χ1v) is 13.9. The van der Waals surface area contributed by atoms with Crippen LogP contribution in [0.3, 0.4) is 0 Å². The zero-order chi connectivity index (χ0) is 24.6. The molecule has 5 fully saturated rings. The summed E-state index contributed by atoms with van der Waals surface area (Å²) in [7, 11) is 3.63. The first kappa shape index (κ1) is 22.9. The summed E-state index contributed by atoms with van der Waals surface area (Å²) in [6.07, 6.45) is 8.00. The number of fused-ring (bicyclic) bond motifs is 2. The molecule has 4 bridgehead atoms. The number of nitrogens with zero attached hydrogens (tertiary/aromatic N) is 1. The summed E-state index contributed by atoms with van der Waals surface area (Å²) in [5, 5.41) is 12.3. The van der Waals surface area contributed by atoms with E-state index in [1.165, 1.54) is 30.5 Å². The van der Waals surface area contributed by atoms with Crippen molar-refractivity contribution in [2.24, 2.45) is 22.7 Å². The maximum absolute atomic E-state index is 12.3. The Hall–Kier alpha value is -1.30. The minimum Gasteiger partial charge on any atom is -0.493 e. The van der Waals surface area contributed by atoms with Crippen LogP contribution in [0.15, 0.2) is 12.1 Å². The Bertz CT molecular complexity index is 1070. The molecule has 0 aromatic heterocycles. The second-order valence-electron chi connectivity index (χ2n) is 14.0. The van der Waals surface area contributed by atoms with Crippen LogP contribution in [0.25, 0.3) is 0 Å². The number of methoxy groups -OCH3 is 2. The van der Waals surface area contributed by atoms with Crippen LogP contribution >= 0.6 is 0 Å². The molecule has 192 valence electrons. The lowest BCUT2D eigenvalue weighted by molar-refractivity contribution is -0.312. The smallest absolute Gasteiger partial charge is 0.165 e. The summed E-state index contributed by atoms with van der Waals surface area (Å²) in [4.78, 5) is 2.86. The van der Waals surface area contributed by atoms with Gasteiger partial charge < -0.3 is 19.3 Å². The molecule has 0 amide bonds. The molecule has 5 heteroatoms. The van der Waals surface area contributed by atoms with Crippen molar-refractivity contribution < 1.29 is 19.3 Å². The Kier molecular flexibility index (Phi) is 4.42. The second kappa shape index (κ2) is 6.76. The van der Waals surface area contributed by atoms with Gasteiger partial charge in [0.2, 0.25) is 0 Å². The van der Waals surface area contributed by atoms with Crippen LogP contribution in [-0.4, -0.2) is 60.7 Å². The zero-order valence-electron chi connectivity index (χ0n) is 22.4. The Morgan fingerprint density at radius 1 is 1.11 bits per heavy atom. The Morgan fingerprint density at radius 3 is 2.54 bits per heavy atom. The molecule has 35 heavy (non-hydrogen) atoms. The molecule has 5 aliphatic carbocycles. The van der Waals surface area contributed by atoms with Gasteiger partial charge >= 0.3 is 0 Å². The third kappa shape index (κ3) is 2.47. The molecule has 2 heterocycles. The minimum absolute atomic E-state index is 0.0112. The largest absolute Gasteiger partial charge is 0.493 e. The third-order valence-corrected chi connectivity index (χ3v) is 12.1. The van der Waals surface area contributed by atoms with E-state index in [4.69, 9.17) is 14.2 Å². The van der Waals surface area contributed by atoms with Gasteiger partial charge in [0.1, 0.15) is 11.7 Å². The summed E-state index contributed by atoms with van der Waals surface area (Å²) in [6.45, 7) is 11.0. The van der Waals surface area contributed by atoms with Crippen LogP contribution in [0.1, 0.15) is 77.3 Å². The number of piperidine rings is 1. The lowest BCUT2D eigenvalue weighted by atomic mass is 9.33. The normalized spacial score (nSPS) is 42.9. The van der Waals surface area contributed by atoms with Gasteiger partial charge in [0.15, 0.2) is 11.5 Å². The number of benzene rings is 1. The van der Waals surface area contributed by atoms with Crippen molar-refractivity contribution in [2.45, 2.75) is 101 Å². The number of likely N-dealkylation sites (tertiary alicyclic amines) is 1. The predicted octanol–water partition coefficient (Wildman–Crippen LogP) is 4.72. The quantitative estimate of drug-likeness (QED) is 0.660. The first-order valence-electron chi connectivity index (χ1n) is 13.9. The molecule has 1 saturated heterocycles. The highest BCUT2D eigenvalue weighted by Crippen LogP contribution is 2.78. The lowest BCUT2D eigenvalue weighted by Gasteiger charge is -2.75. The summed E-state index contributed by atoms with van der Waals surface area (Å²) < 4.78 is 19.6. The molecule has 1 aromatic rings. The van der Waals surface area contributed by atoms with E-state index in [0.29, 0.717) is 6.04 Å². The monoisotopic (exact) mass is 481 g/mol. The molecule has 2 aliphatic heterocycles. The number of rotatable bonds is 5. The van der Waals surface area contributed by atoms with Crippen molar-refractivity contribution in [1.82, 2.24) is 4.90 Å². The number of aliphatic hydroxyl groups is 1. The summed E-state index contributed by atoms with van der Waals surface area (Å²) >= 11 is 0. The fraction of sp³-hybridized carbons (Fsp3) is 0.800. The van der Waals surface area contributed by atoms with E-state index in [1.807, 2.05) is 7.11 Å². The predicted molar refractivity (Wildman–Crippen MR) is 135 cm³/mol. The molecule has 1 unspecified atom stereocenters. The standard InChI is InChI=1S/C30H43NO4/c1-26(2,3)27(4,32)21-16-28-11-12-30(21,34-6)25-29(28)13-14-31(17-18-7-8-18)22(28)15-19-9-10-20(33-5)24(35-25)23(19)29/h9-10,18,21-22,25,32H,7-8,11-17H2,1-6H3/t21-,22-,25-,27+,28-,29?,30-/m1/s1. The SMILES string of the molecule is COc1ccc2c3c1O[C@@H]1C34CCN(CC3CC3)[C@H](C2)[C@]42CC[C@@]1(OC)[C@@H]([C@](C)(O)C(C)(C)C)C2. The van der Waals surface area contributed by atoms with Crippen molar-refractivity contribution in [3.8, 4) is 11.5 Å². The molecule has 1 N–H and O–H groups in total. The molecule has 5 nitrogen and oxygen atoms in total. The van der Waals surface area contributed by atoms with Gasteiger partial charge in [0, 0.05) is 42.0 Å². The van der Waals surface area contributed by atoms with Gasteiger partial charge in [-0.1, -0.05) is 26.8 Å². The maximum atomic E-state index is 12.3. The molecular formula is C30H43NO4. The molecule has 8 rings (SSSR count). The number of ether oxygens (including phenoxy) is 3. The third-order valence-electron chi connectivity index (χ3n) is 12.1. The van der Waals surface area contributed by atoms with Gasteiger partial charge in [-0.25, -0.2) is 0 Å². The fourth-order valence-electron chi connectivity index (χ4n) is 9.73. The van der Waals surface area contributed by atoms with Gasteiger partial charge in [-0.05, 0) is 81.4 Å². The van der Waals surface area contributed by atoms with Crippen LogP contribution in [0.5, 0.6) is 11.5 Å². The van der Waals surface area contributed by atoms with E-state index in [0.717, 1.165) is 56.1 Å². The van der Waals surface area contributed by atoms with Crippen molar-refractivity contribution in [3.63, 3.8) is 0 Å². The van der Waals surface area contributed by atoms with E-state index in [2.05, 4.69) is 44.7 Å². The summed E-state index contributed by atoms with van der Waals surface area (Å²) in [5.41, 5.74) is 1.26.